The average Bonchev–Trinajstić information content (AvgIpc) is 2.86. The van der Waals surface area contributed by atoms with Gasteiger partial charge in [0, 0.05) is 12.2 Å². The van der Waals surface area contributed by atoms with Gasteiger partial charge in [0.05, 0.1) is 48.1 Å². The summed E-state index contributed by atoms with van der Waals surface area (Å²) in [5, 5.41) is 11.1. The molecule has 1 N–H and O–H groups in total. The van der Waals surface area contributed by atoms with Gasteiger partial charge in [0.25, 0.3) is 5.95 Å². The number of anilines is 3. The van der Waals surface area contributed by atoms with Crippen molar-refractivity contribution < 1.29 is 22.3 Å². The Hall–Kier alpha value is -3.67. The van der Waals surface area contributed by atoms with Crippen molar-refractivity contribution in [1.82, 2.24) is 15.0 Å². The molecule has 3 aromatic rings. The molecule has 0 saturated carbocycles. The molecule has 1 saturated heterocycles. The predicted molar refractivity (Wildman–Crippen MR) is 126 cm³/mol. The van der Waals surface area contributed by atoms with Gasteiger partial charge in [-0.3, -0.25) is 4.98 Å². The molecule has 1 unspecified atom stereocenters. The van der Waals surface area contributed by atoms with Crippen molar-refractivity contribution in [3.8, 4) is 0 Å². The van der Waals surface area contributed by atoms with E-state index in [1.165, 1.54) is 6.07 Å². The van der Waals surface area contributed by atoms with E-state index in [0.29, 0.717) is 42.5 Å². The number of ether oxygens (including phenoxy) is 1. The lowest BCUT2D eigenvalue weighted by Crippen LogP contribution is -2.46. The van der Waals surface area contributed by atoms with E-state index in [4.69, 9.17) is 4.74 Å². The van der Waals surface area contributed by atoms with Crippen LogP contribution in [0.1, 0.15) is 30.3 Å². The maximum absolute atomic E-state index is 14.4. The molecular formula is C24H25F4N7O. The maximum Gasteiger partial charge on any atom is 0.416 e. The van der Waals surface area contributed by atoms with E-state index in [1.807, 2.05) is 11.8 Å². The van der Waals surface area contributed by atoms with Gasteiger partial charge in [0.15, 0.2) is 11.6 Å². The number of halogens is 4. The number of nitrogens with zero attached hydrogens (tertiary/aromatic N) is 6. The third-order valence-corrected chi connectivity index (χ3v) is 5.69. The summed E-state index contributed by atoms with van der Waals surface area (Å²) in [7, 11) is 0. The van der Waals surface area contributed by atoms with Crippen LogP contribution in [-0.2, 0) is 17.5 Å². The topological polar surface area (TPSA) is 87.9 Å². The van der Waals surface area contributed by atoms with E-state index in [-0.39, 0.29) is 24.4 Å². The molecule has 1 aromatic carbocycles. The van der Waals surface area contributed by atoms with Crippen molar-refractivity contribution in [2.75, 3.05) is 30.0 Å². The summed E-state index contributed by atoms with van der Waals surface area (Å²) in [5.41, 5.74) is 1.31. The van der Waals surface area contributed by atoms with Crippen LogP contribution in [0.5, 0.6) is 0 Å². The fourth-order valence-corrected chi connectivity index (χ4v) is 3.80. The van der Waals surface area contributed by atoms with Gasteiger partial charge in [0.2, 0.25) is 0 Å². The SMILES string of the molecule is CCC1COCCN1c1nc(N=NCc2ccc(Nc3cccc(C(F)(F)F)c3)c(C)n2)ncc1F. The van der Waals surface area contributed by atoms with Gasteiger partial charge in [0.1, 0.15) is 6.54 Å². The highest BCUT2D eigenvalue weighted by Gasteiger charge is 2.30. The first-order chi connectivity index (χ1) is 17.2. The molecule has 1 aliphatic heterocycles. The van der Waals surface area contributed by atoms with Crippen molar-refractivity contribution in [2.24, 2.45) is 10.2 Å². The van der Waals surface area contributed by atoms with Crippen molar-refractivity contribution in [2.45, 2.75) is 39.0 Å². The second-order valence-corrected chi connectivity index (χ2v) is 8.21. The summed E-state index contributed by atoms with van der Waals surface area (Å²) in [4.78, 5) is 14.4. The molecule has 0 spiro atoms. The molecule has 0 radical (unpaired) electrons. The molecule has 1 fully saturated rings. The van der Waals surface area contributed by atoms with Crippen LogP contribution in [0.4, 0.5) is 40.7 Å². The lowest BCUT2D eigenvalue weighted by molar-refractivity contribution is -0.137. The predicted octanol–water partition coefficient (Wildman–Crippen LogP) is 5.98. The standard InChI is InChI=1S/C24H25F4N7O/c1-3-19-14-36-10-9-35(19)22-20(25)13-29-23(33-22)34-30-12-18-7-8-21(15(2)31-18)32-17-6-4-5-16(11-17)24(26,27)28/h4-8,11,13,19,32H,3,9-10,12,14H2,1-2H3. The van der Waals surface area contributed by atoms with Crippen LogP contribution >= 0.6 is 0 Å². The molecule has 0 aliphatic carbocycles. The van der Waals surface area contributed by atoms with E-state index in [0.717, 1.165) is 24.8 Å². The van der Waals surface area contributed by atoms with Gasteiger partial charge in [-0.1, -0.05) is 13.0 Å². The van der Waals surface area contributed by atoms with Crippen LogP contribution in [0.25, 0.3) is 0 Å². The number of rotatable bonds is 7. The van der Waals surface area contributed by atoms with Gasteiger partial charge in [-0.15, -0.1) is 5.11 Å². The number of azo groups is 1. The molecule has 12 heteroatoms. The number of hydrogen-bond acceptors (Lipinski definition) is 8. The number of hydrogen-bond donors (Lipinski definition) is 1. The number of morpholine rings is 1. The van der Waals surface area contributed by atoms with E-state index in [9.17, 15) is 17.6 Å². The minimum Gasteiger partial charge on any atom is -0.377 e. The second kappa shape index (κ2) is 10.9. The minimum absolute atomic E-state index is 0.0168. The Balaban J connectivity index is 1.43. The highest BCUT2D eigenvalue weighted by molar-refractivity contribution is 5.62. The van der Waals surface area contributed by atoms with Crippen LogP contribution in [0.3, 0.4) is 0 Å². The van der Waals surface area contributed by atoms with Crippen molar-refractivity contribution >= 4 is 23.1 Å². The van der Waals surface area contributed by atoms with E-state index < -0.39 is 17.6 Å². The Labute approximate surface area is 205 Å². The molecule has 3 heterocycles. The van der Waals surface area contributed by atoms with Crippen LogP contribution in [-0.4, -0.2) is 40.8 Å². The maximum atomic E-state index is 14.4. The molecule has 8 nitrogen and oxygen atoms in total. The van der Waals surface area contributed by atoms with Gasteiger partial charge in [-0.05, 0) is 43.7 Å². The van der Waals surface area contributed by atoms with Gasteiger partial charge in [-0.25, -0.2) is 9.37 Å². The molecule has 0 bridgehead atoms. The third-order valence-electron chi connectivity index (χ3n) is 5.69. The summed E-state index contributed by atoms with van der Waals surface area (Å²) in [5.74, 6) is -0.323. The molecule has 36 heavy (non-hydrogen) atoms. The average molecular weight is 504 g/mol. The summed E-state index contributed by atoms with van der Waals surface area (Å²) < 4.78 is 58.8. The fraction of sp³-hybridized carbons (Fsp3) is 0.375. The molecule has 2 aromatic heterocycles. The number of aromatic nitrogens is 3. The fourth-order valence-electron chi connectivity index (χ4n) is 3.80. The van der Waals surface area contributed by atoms with Crippen LogP contribution in [0.2, 0.25) is 0 Å². The molecule has 190 valence electrons. The first-order valence-electron chi connectivity index (χ1n) is 11.4. The Bertz CT molecular complexity index is 1240. The molecule has 0 amide bonds. The lowest BCUT2D eigenvalue weighted by Gasteiger charge is -2.35. The van der Waals surface area contributed by atoms with Crippen LogP contribution in [0, 0.1) is 12.7 Å². The van der Waals surface area contributed by atoms with Crippen molar-refractivity contribution in [3.05, 3.63) is 65.4 Å². The number of aryl methyl sites for hydroxylation is 1. The van der Waals surface area contributed by atoms with Crippen LogP contribution in [0.15, 0.2) is 52.8 Å². The van der Waals surface area contributed by atoms with E-state index in [2.05, 4.69) is 30.5 Å². The van der Waals surface area contributed by atoms with Crippen molar-refractivity contribution in [3.63, 3.8) is 0 Å². The number of alkyl halides is 3. The summed E-state index contributed by atoms with van der Waals surface area (Å²) in [6.07, 6.45) is -2.56. The molecular weight excluding hydrogens is 478 g/mol. The summed E-state index contributed by atoms with van der Waals surface area (Å²) >= 11 is 0. The Morgan fingerprint density at radius 2 is 2.03 bits per heavy atom. The highest BCUT2D eigenvalue weighted by atomic mass is 19.4. The lowest BCUT2D eigenvalue weighted by atomic mass is 10.2. The monoisotopic (exact) mass is 503 g/mol. The second-order valence-electron chi connectivity index (χ2n) is 8.21. The highest BCUT2D eigenvalue weighted by Crippen LogP contribution is 2.32. The number of nitrogens with one attached hydrogen (secondary N) is 1. The van der Waals surface area contributed by atoms with Gasteiger partial charge >= 0.3 is 6.18 Å². The zero-order valence-electron chi connectivity index (χ0n) is 19.8. The Morgan fingerprint density at radius 1 is 1.19 bits per heavy atom. The largest absolute Gasteiger partial charge is 0.416 e. The van der Waals surface area contributed by atoms with E-state index >= 15 is 0 Å². The first-order valence-corrected chi connectivity index (χ1v) is 11.4. The van der Waals surface area contributed by atoms with Gasteiger partial charge in [-0.2, -0.15) is 23.3 Å². The van der Waals surface area contributed by atoms with E-state index in [1.54, 1.807) is 25.1 Å². The number of benzene rings is 1. The molecule has 4 rings (SSSR count). The zero-order valence-corrected chi connectivity index (χ0v) is 19.8. The molecule has 1 atom stereocenters. The van der Waals surface area contributed by atoms with Crippen LogP contribution < -0.4 is 10.2 Å². The minimum atomic E-state index is -4.42. The molecule has 1 aliphatic rings. The quantitative estimate of drug-likeness (QED) is 0.315. The Morgan fingerprint density at radius 3 is 2.78 bits per heavy atom. The summed E-state index contributed by atoms with van der Waals surface area (Å²) in [6.45, 7) is 5.36. The Kier molecular flexibility index (Phi) is 7.73. The normalized spacial score (nSPS) is 16.5. The van der Waals surface area contributed by atoms with Gasteiger partial charge < -0.3 is 15.0 Å². The smallest absolute Gasteiger partial charge is 0.377 e. The summed E-state index contributed by atoms with van der Waals surface area (Å²) in [6, 6.07) is 8.37. The first kappa shape index (κ1) is 25.4. The zero-order chi connectivity index (χ0) is 25.7. The third kappa shape index (κ3) is 6.11. The van der Waals surface area contributed by atoms with Crippen molar-refractivity contribution in [1.29, 1.82) is 0 Å². The number of pyridine rings is 1.